The number of rotatable bonds is 6. The highest BCUT2D eigenvalue weighted by Crippen LogP contribution is 2.51. The molecule has 0 radical (unpaired) electrons. The highest BCUT2D eigenvalue weighted by molar-refractivity contribution is 9.10. The van der Waals surface area contributed by atoms with Gasteiger partial charge in [-0.25, -0.2) is 0 Å². The van der Waals surface area contributed by atoms with E-state index in [9.17, 15) is 14.4 Å². The number of halogens is 5. The van der Waals surface area contributed by atoms with Crippen LogP contribution in [0.25, 0.3) is 0 Å². The number of hydrogen-bond acceptors (Lipinski definition) is 6. The molecule has 0 spiro atoms. The SMILES string of the molecule is COc1cc(C2C(N3C(=O)c4c(Cl)c(Cl)c(Cl)c(Cl)c4C3=O)C(=O)N2c2ccc(Br)c(C)c2)cc(OC)c1OC. The van der Waals surface area contributed by atoms with Gasteiger partial charge >= 0.3 is 0 Å². The van der Waals surface area contributed by atoms with Gasteiger partial charge in [0.1, 0.15) is 6.04 Å². The molecule has 40 heavy (non-hydrogen) atoms. The molecule has 3 amide bonds. The Morgan fingerprint density at radius 1 is 0.725 bits per heavy atom. The molecule has 0 bridgehead atoms. The fraction of sp³-hybridized carbons (Fsp3) is 0.222. The average molecular weight is 689 g/mol. The lowest BCUT2D eigenvalue weighted by molar-refractivity contribution is -0.130. The molecule has 208 valence electrons. The summed E-state index contributed by atoms with van der Waals surface area (Å²) in [7, 11) is 4.39. The van der Waals surface area contributed by atoms with Gasteiger partial charge in [-0.3, -0.25) is 19.3 Å². The molecule has 3 aromatic rings. The summed E-state index contributed by atoms with van der Waals surface area (Å²) >= 11 is 28.5. The highest BCUT2D eigenvalue weighted by Gasteiger charge is 2.58. The molecule has 0 saturated carbocycles. The number of anilines is 1. The fourth-order valence-electron chi connectivity index (χ4n) is 5.01. The van der Waals surface area contributed by atoms with Crippen molar-refractivity contribution in [2.45, 2.75) is 19.0 Å². The summed E-state index contributed by atoms with van der Waals surface area (Å²) < 4.78 is 17.4. The zero-order valence-corrected chi connectivity index (χ0v) is 25.9. The summed E-state index contributed by atoms with van der Waals surface area (Å²) in [4.78, 5) is 43.6. The van der Waals surface area contributed by atoms with Crippen molar-refractivity contribution in [3.63, 3.8) is 0 Å². The van der Waals surface area contributed by atoms with Crippen molar-refractivity contribution in [2.24, 2.45) is 0 Å². The Bertz CT molecular complexity index is 1560. The van der Waals surface area contributed by atoms with Crippen molar-refractivity contribution in [3.05, 3.63) is 77.1 Å². The van der Waals surface area contributed by atoms with Crippen LogP contribution < -0.4 is 19.1 Å². The average Bonchev–Trinajstić information content (AvgIpc) is 3.19. The van der Waals surface area contributed by atoms with E-state index in [4.69, 9.17) is 60.6 Å². The van der Waals surface area contributed by atoms with Gasteiger partial charge in [-0.1, -0.05) is 62.3 Å². The molecule has 1 fully saturated rings. The van der Waals surface area contributed by atoms with Gasteiger partial charge in [-0.05, 0) is 48.4 Å². The maximum atomic E-state index is 13.9. The van der Waals surface area contributed by atoms with Crippen LogP contribution in [0.15, 0.2) is 34.8 Å². The molecule has 0 aliphatic carbocycles. The predicted octanol–water partition coefficient (Wildman–Crippen LogP) is 7.15. The third-order valence-electron chi connectivity index (χ3n) is 6.93. The van der Waals surface area contributed by atoms with Crippen LogP contribution in [0.1, 0.15) is 37.9 Å². The number of methoxy groups -OCH3 is 3. The quantitative estimate of drug-likeness (QED) is 0.118. The van der Waals surface area contributed by atoms with Crippen LogP contribution >= 0.6 is 62.3 Å². The van der Waals surface area contributed by atoms with Crippen molar-refractivity contribution in [3.8, 4) is 17.2 Å². The molecule has 3 aromatic carbocycles. The molecule has 1 saturated heterocycles. The molecular formula is C27H19BrCl4N2O6. The van der Waals surface area contributed by atoms with E-state index in [0.717, 1.165) is 14.9 Å². The minimum absolute atomic E-state index is 0.164. The Kier molecular flexibility index (Phi) is 7.65. The molecule has 2 aliphatic heterocycles. The fourth-order valence-corrected chi connectivity index (χ4v) is 6.28. The van der Waals surface area contributed by atoms with Crippen molar-refractivity contribution >= 4 is 85.7 Å². The topological polar surface area (TPSA) is 85.4 Å². The van der Waals surface area contributed by atoms with Crippen LogP contribution in [0.3, 0.4) is 0 Å². The van der Waals surface area contributed by atoms with Crippen LogP contribution in [0, 0.1) is 6.92 Å². The van der Waals surface area contributed by atoms with Crippen molar-refractivity contribution in [2.75, 3.05) is 26.2 Å². The van der Waals surface area contributed by atoms with Gasteiger partial charge in [-0.15, -0.1) is 0 Å². The van der Waals surface area contributed by atoms with E-state index in [-0.39, 0.29) is 31.2 Å². The van der Waals surface area contributed by atoms with Gasteiger partial charge in [0.15, 0.2) is 11.5 Å². The van der Waals surface area contributed by atoms with Gasteiger partial charge in [0.2, 0.25) is 5.75 Å². The molecule has 5 rings (SSSR count). The first-order valence-electron chi connectivity index (χ1n) is 11.6. The normalized spacial score (nSPS) is 18.2. The van der Waals surface area contributed by atoms with Crippen LogP contribution in [0.5, 0.6) is 17.2 Å². The standard InChI is InChI=1S/C27H19BrCl4N2O6/c1-10-7-12(5-6-13(10)28)33-22(11-8-14(38-2)24(40-4)15(9-11)39-3)23(27(33)37)34-25(35)16-17(26(34)36)19(30)21(32)20(31)18(16)29/h5-9,22-23H,1-4H3. The molecule has 2 heterocycles. The van der Waals surface area contributed by atoms with E-state index in [1.165, 1.54) is 26.2 Å². The first-order valence-corrected chi connectivity index (χ1v) is 13.9. The molecule has 8 nitrogen and oxygen atoms in total. The van der Waals surface area contributed by atoms with Crippen molar-refractivity contribution in [1.29, 1.82) is 0 Å². The molecule has 13 heteroatoms. The van der Waals surface area contributed by atoms with E-state index < -0.39 is 29.8 Å². The monoisotopic (exact) mass is 686 g/mol. The van der Waals surface area contributed by atoms with Gasteiger partial charge in [-0.2, -0.15) is 0 Å². The molecule has 0 N–H and O–H groups in total. The lowest BCUT2D eigenvalue weighted by Crippen LogP contribution is -2.67. The Labute approximate surface area is 257 Å². The van der Waals surface area contributed by atoms with E-state index in [1.54, 1.807) is 18.2 Å². The van der Waals surface area contributed by atoms with Gasteiger partial charge in [0.05, 0.1) is 58.6 Å². The maximum Gasteiger partial charge on any atom is 0.264 e. The van der Waals surface area contributed by atoms with Gasteiger partial charge < -0.3 is 19.1 Å². The smallest absolute Gasteiger partial charge is 0.264 e. The summed E-state index contributed by atoms with van der Waals surface area (Å²) in [6.45, 7) is 1.88. The lowest BCUT2D eigenvalue weighted by Gasteiger charge is -2.50. The number of carbonyl (C=O) groups is 3. The van der Waals surface area contributed by atoms with Crippen LogP contribution in [0.2, 0.25) is 20.1 Å². The third-order valence-corrected chi connectivity index (χ3v) is 9.62. The zero-order chi connectivity index (χ0) is 29.2. The number of hydrogen-bond donors (Lipinski definition) is 0. The second-order valence-electron chi connectivity index (χ2n) is 8.98. The Hall–Kier alpha value is -2.69. The van der Waals surface area contributed by atoms with Crippen molar-refractivity contribution in [1.82, 2.24) is 4.90 Å². The zero-order valence-electron chi connectivity index (χ0n) is 21.3. The lowest BCUT2D eigenvalue weighted by atomic mass is 9.85. The third kappa shape index (κ3) is 4.13. The number of fused-ring (bicyclic) bond motifs is 1. The maximum absolute atomic E-state index is 13.9. The van der Waals surface area contributed by atoms with Crippen molar-refractivity contribution < 1.29 is 28.6 Å². The van der Waals surface area contributed by atoms with Crippen LogP contribution in [0.4, 0.5) is 5.69 Å². The predicted molar refractivity (Wildman–Crippen MR) is 156 cm³/mol. The molecule has 2 atom stereocenters. The van der Waals surface area contributed by atoms with E-state index in [2.05, 4.69) is 15.9 Å². The number of amides is 3. The van der Waals surface area contributed by atoms with E-state index >= 15 is 0 Å². The summed E-state index contributed by atoms with van der Waals surface area (Å²) in [5, 5.41) is -0.766. The van der Waals surface area contributed by atoms with E-state index in [0.29, 0.717) is 28.5 Å². The first kappa shape index (κ1) is 28.8. The van der Waals surface area contributed by atoms with Crippen LogP contribution in [-0.2, 0) is 4.79 Å². The molecule has 2 unspecified atom stereocenters. The first-order chi connectivity index (χ1) is 19.0. The summed E-state index contributed by atoms with van der Waals surface area (Å²) in [5.74, 6) is -1.13. The minimum atomic E-state index is -1.26. The highest BCUT2D eigenvalue weighted by atomic mass is 79.9. The number of carbonyl (C=O) groups excluding carboxylic acids is 3. The second-order valence-corrected chi connectivity index (χ2v) is 11.3. The largest absolute Gasteiger partial charge is 0.493 e. The number of β-lactam (4-membered cyclic amide) rings is 1. The van der Waals surface area contributed by atoms with Gasteiger partial charge in [0.25, 0.3) is 17.7 Å². The number of imide groups is 1. The van der Waals surface area contributed by atoms with Gasteiger partial charge in [0, 0.05) is 10.2 Å². The molecule has 0 aromatic heterocycles. The summed E-state index contributed by atoms with van der Waals surface area (Å²) in [6, 6.07) is 6.61. The van der Waals surface area contributed by atoms with Crippen LogP contribution in [-0.4, -0.2) is 50.0 Å². The number of nitrogens with zero attached hydrogens (tertiary/aromatic N) is 2. The summed E-state index contributed by atoms with van der Waals surface area (Å²) in [5.41, 5.74) is 1.53. The van der Waals surface area contributed by atoms with E-state index in [1.807, 2.05) is 19.1 Å². The summed E-state index contributed by atoms with van der Waals surface area (Å²) in [6.07, 6.45) is 0. The molecular weight excluding hydrogens is 670 g/mol. The Morgan fingerprint density at radius 3 is 1.70 bits per heavy atom. The number of ether oxygens (including phenoxy) is 3. The number of aryl methyl sites for hydroxylation is 1. The minimum Gasteiger partial charge on any atom is -0.493 e. The number of benzene rings is 3. The second kappa shape index (κ2) is 10.6. The molecule has 2 aliphatic rings. The Morgan fingerprint density at radius 2 is 1.25 bits per heavy atom. The Balaban J connectivity index is 1.70.